The second-order valence-electron chi connectivity index (χ2n) is 7.14. The topological polar surface area (TPSA) is 76.1 Å². The molecule has 2 fully saturated rings. The Balaban J connectivity index is 1.66. The third-order valence-electron chi connectivity index (χ3n) is 5.47. The number of hydrogen-bond donors (Lipinski definition) is 1. The van der Waals surface area contributed by atoms with Gasteiger partial charge in [0.15, 0.2) is 15.0 Å². The molecule has 2 aliphatic rings. The van der Waals surface area contributed by atoms with E-state index in [1.807, 2.05) is 6.07 Å². The van der Waals surface area contributed by atoms with Crippen LogP contribution in [0.15, 0.2) is 22.5 Å². The summed E-state index contributed by atoms with van der Waals surface area (Å²) in [7, 11) is -3.27. The quantitative estimate of drug-likeness (QED) is 0.765. The van der Waals surface area contributed by atoms with Crippen LogP contribution in [0.2, 0.25) is 4.34 Å². The van der Waals surface area contributed by atoms with Crippen LogP contribution in [-0.2, 0) is 20.0 Å². The minimum absolute atomic E-state index is 0.0951. The van der Waals surface area contributed by atoms with Crippen LogP contribution in [0.5, 0.6) is 0 Å². The number of rotatable bonds is 5. The van der Waals surface area contributed by atoms with E-state index in [0.717, 1.165) is 24.1 Å². The van der Waals surface area contributed by atoms with Crippen LogP contribution in [0.4, 0.5) is 5.13 Å². The maximum Gasteiger partial charge on any atom is 0.237 e. The number of halogens is 1. The van der Waals surface area contributed by atoms with Gasteiger partial charge < -0.3 is 5.32 Å². The number of carbonyl (C=O) groups excluding carboxylic acids is 1. The van der Waals surface area contributed by atoms with Crippen molar-refractivity contribution in [3.63, 3.8) is 0 Å². The van der Waals surface area contributed by atoms with E-state index in [0.29, 0.717) is 19.6 Å². The summed E-state index contributed by atoms with van der Waals surface area (Å²) in [6.07, 6.45) is 8.20. The molecule has 2 atom stereocenters. The summed E-state index contributed by atoms with van der Waals surface area (Å²) in [4.78, 5) is 18.2. The molecule has 0 aliphatic heterocycles. The van der Waals surface area contributed by atoms with Crippen LogP contribution in [0.1, 0.15) is 37.0 Å². The van der Waals surface area contributed by atoms with E-state index in [1.54, 1.807) is 6.07 Å². The van der Waals surface area contributed by atoms with E-state index in [-0.39, 0.29) is 11.8 Å². The van der Waals surface area contributed by atoms with Gasteiger partial charge in [-0.15, -0.1) is 11.3 Å². The minimum Gasteiger partial charge on any atom is -0.301 e. The summed E-state index contributed by atoms with van der Waals surface area (Å²) < 4.78 is 24.6. The van der Waals surface area contributed by atoms with Crippen molar-refractivity contribution in [3.05, 3.63) is 27.5 Å². The van der Waals surface area contributed by atoms with E-state index in [1.165, 1.54) is 48.0 Å². The second kappa shape index (κ2) is 6.58. The molecule has 1 amide bonds. The first-order valence-electron chi connectivity index (χ1n) is 8.54. The van der Waals surface area contributed by atoms with E-state index in [2.05, 4.69) is 10.3 Å². The van der Waals surface area contributed by atoms with Gasteiger partial charge in [-0.3, -0.25) is 4.79 Å². The number of thiophene rings is 1. The van der Waals surface area contributed by atoms with Crippen LogP contribution in [0.25, 0.3) is 0 Å². The van der Waals surface area contributed by atoms with Gasteiger partial charge in [0.2, 0.25) is 5.91 Å². The zero-order valence-corrected chi connectivity index (χ0v) is 17.4. The highest BCUT2D eigenvalue weighted by molar-refractivity contribution is 7.92. The van der Waals surface area contributed by atoms with Crippen molar-refractivity contribution in [2.24, 2.45) is 11.8 Å². The van der Waals surface area contributed by atoms with Gasteiger partial charge in [0.05, 0.1) is 11.6 Å². The summed E-state index contributed by atoms with van der Waals surface area (Å²) in [6, 6.07) is 3.43. The lowest BCUT2D eigenvalue weighted by atomic mass is 9.91. The summed E-state index contributed by atoms with van der Waals surface area (Å²) in [5, 5.41) is 3.39. The van der Waals surface area contributed by atoms with Gasteiger partial charge in [0.25, 0.3) is 0 Å². The number of hydrogen-bond acceptors (Lipinski definition) is 6. The summed E-state index contributed by atoms with van der Waals surface area (Å²) >= 11 is 8.37. The van der Waals surface area contributed by atoms with E-state index < -0.39 is 15.3 Å². The molecule has 26 heavy (non-hydrogen) atoms. The van der Waals surface area contributed by atoms with E-state index in [4.69, 9.17) is 11.6 Å². The molecular weight excluding hydrogens is 412 g/mol. The normalized spacial score (nSPS) is 26.2. The number of carbonyl (C=O) groups is 1. The maximum absolute atomic E-state index is 13.2. The van der Waals surface area contributed by atoms with E-state index in [9.17, 15) is 13.2 Å². The molecule has 0 aromatic carbocycles. The molecule has 0 saturated heterocycles. The fraction of sp³-hybridized carbons (Fsp3) is 0.529. The standard InChI is InChI=1S/C17H19ClN2O3S3/c1-26(22,23)14-7-6-12(24-14)17(8-11(17)10-4-2-3-5-10)15(21)20-16-19-9-13(18)25-16/h6-7,9-11H,2-5,8H2,1H3,(H,19,20,21)/t11-,17+/m0/s1. The molecule has 2 saturated carbocycles. The molecule has 4 rings (SSSR count). The molecule has 2 heterocycles. The van der Waals surface area contributed by atoms with Gasteiger partial charge in [-0.1, -0.05) is 48.6 Å². The van der Waals surface area contributed by atoms with Crippen molar-refractivity contribution in [2.45, 2.75) is 41.7 Å². The lowest BCUT2D eigenvalue weighted by Gasteiger charge is -2.18. The fourth-order valence-corrected chi connectivity index (χ4v) is 7.15. The van der Waals surface area contributed by atoms with Crippen molar-refractivity contribution >= 4 is 55.2 Å². The molecule has 2 aliphatic carbocycles. The number of aromatic nitrogens is 1. The first kappa shape index (κ1) is 18.4. The molecule has 0 spiro atoms. The van der Waals surface area contributed by atoms with Crippen molar-refractivity contribution in [3.8, 4) is 0 Å². The van der Waals surface area contributed by atoms with Gasteiger partial charge in [-0.25, -0.2) is 13.4 Å². The van der Waals surface area contributed by atoms with E-state index >= 15 is 0 Å². The average Bonchev–Trinajstić information content (AvgIpc) is 3.05. The van der Waals surface area contributed by atoms with Crippen molar-refractivity contribution < 1.29 is 13.2 Å². The minimum atomic E-state index is -3.27. The van der Waals surface area contributed by atoms with Crippen molar-refractivity contribution in [2.75, 3.05) is 11.6 Å². The molecule has 0 bridgehead atoms. The highest BCUT2D eigenvalue weighted by Crippen LogP contribution is 2.62. The number of nitrogens with one attached hydrogen (secondary N) is 1. The maximum atomic E-state index is 13.2. The Bertz CT molecular complexity index is 946. The number of anilines is 1. The van der Waals surface area contributed by atoms with Crippen LogP contribution in [0, 0.1) is 11.8 Å². The predicted octanol–water partition coefficient (Wildman–Crippen LogP) is 4.35. The first-order valence-corrected chi connectivity index (χ1v) is 12.4. The monoisotopic (exact) mass is 430 g/mol. The van der Waals surface area contributed by atoms with Crippen molar-refractivity contribution in [1.29, 1.82) is 0 Å². The zero-order chi connectivity index (χ0) is 18.5. The molecule has 2 aromatic rings. The molecule has 0 unspecified atom stereocenters. The molecular formula is C17H19ClN2O3S3. The molecule has 140 valence electrons. The highest BCUT2D eigenvalue weighted by Gasteiger charge is 2.64. The van der Waals surface area contributed by atoms with Gasteiger partial charge in [0, 0.05) is 11.1 Å². The largest absolute Gasteiger partial charge is 0.301 e. The summed E-state index contributed by atoms with van der Waals surface area (Å²) in [5.41, 5.74) is -0.638. The van der Waals surface area contributed by atoms with Crippen LogP contribution < -0.4 is 5.32 Å². The molecule has 0 radical (unpaired) electrons. The Labute approximate surface area is 165 Å². The smallest absolute Gasteiger partial charge is 0.237 e. The Hall–Kier alpha value is -0.960. The number of thiazole rings is 1. The van der Waals surface area contributed by atoms with Gasteiger partial charge >= 0.3 is 0 Å². The highest BCUT2D eigenvalue weighted by atomic mass is 35.5. The van der Waals surface area contributed by atoms with Crippen LogP contribution in [0.3, 0.4) is 0 Å². The molecule has 5 nitrogen and oxygen atoms in total. The Morgan fingerprint density at radius 3 is 2.62 bits per heavy atom. The fourth-order valence-electron chi connectivity index (χ4n) is 4.15. The van der Waals surface area contributed by atoms with Crippen LogP contribution >= 0.6 is 34.3 Å². The molecule has 9 heteroatoms. The SMILES string of the molecule is CS(=O)(=O)c1ccc([C@@]2(C(=O)Nc3ncc(Cl)s3)C[C@H]2C2CCCC2)s1. The summed E-state index contributed by atoms with van der Waals surface area (Å²) in [6.45, 7) is 0. The summed E-state index contributed by atoms with van der Waals surface area (Å²) in [5.74, 6) is 0.707. The zero-order valence-electron chi connectivity index (χ0n) is 14.2. The third-order valence-corrected chi connectivity index (χ3v) is 9.59. The third kappa shape index (κ3) is 3.21. The number of nitrogens with zero attached hydrogens (tertiary/aromatic N) is 1. The van der Waals surface area contributed by atoms with Crippen LogP contribution in [-0.4, -0.2) is 25.6 Å². The Kier molecular flexibility index (Phi) is 4.66. The van der Waals surface area contributed by atoms with Gasteiger partial charge in [-0.2, -0.15) is 0 Å². The lowest BCUT2D eigenvalue weighted by Crippen LogP contribution is -2.30. The number of sulfone groups is 1. The molecule has 1 N–H and O–H groups in total. The predicted molar refractivity (Wildman–Crippen MR) is 105 cm³/mol. The molecule has 2 aromatic heterocycles. The van der Waals surface area contributed by atoms with Crippen molar-refractivity contribution in [1.82, 2.24) is 4.98 Å². The lowest BCUT2D eigenvalue weighted by molar-refractivity contribution is -0.119. The van der Waals surface area contributed by atoms with Gasteiger partial charge in [0.1, 0.15) is 8.55 Å². The average molecular weight is 431 g/mol. The number of amides is 1. The Morgan fingerprint density at radius 2 is 2.04 bits per heavy atom. The Morgan fingerprint density at radius 1 is 1.31 bits per heavy atom. The second-order valence-corrected chi connectivity index (χ2v) is 12.1. The first-order chi connectivity index (χ1) is 12.3. The van der Waals surface area contributed by atoms with Gasteiger partial charge in [-0.05, 0) is 30.4 Å².